The summed E-state index contributed by atoms with van der Waals surface area (Å²) in [6.45, 7) is 3.67. The molecule has 3 amide bonds. The van der Waals surface area contributed by atoms with Gasteiger partial charge in [0, 0.05) is 31.7 Å². The molecule has 1 atom stereocenters. The maximum absolute atomic E-state index is 13.2. The van der Waals surface area contributed by atoms with Gasteiger partial charge < -0.3 is 14.7 Å². The SMILES string of the molecule is COC(=O)NC(=O)c1cccc2c1C(CCCCN1CCN(C(=O)Cc3ccccc3)CC1)(C(=O)O)c1ccccc1-2. The third kappa shape index (κ3) is 5.65. The molecule has 0 aromatic heterocycles. The molecule has 2 N–H and O–H groups in total. The van der Waals surface area contributed by atoms with E-state index in [1.807, 2.05) is 65.6 Å². The molecule has 1 saturated heterocycles. The molecule has 42 heavy (non-hydrogen) atoms. The van der Waals surface area contributed by atoms with Crippen LogP contribution in [0.1, 0.15) is 46.3 Å². The fourth-order valence-corrected chi connectivity index (χ4v) is 6.28. The Bertz CT molecular complexity index is 1480. The molecule has 5 rings (SSSR count). The second-order valence-electron chi connectivity index (χ2n) is 10.8. The van der Waals surface area contributed by atoms with E-state index in [0.29, 0.717) is 49.0 Å². The van der Waals surface area contributed by atoms with Gasteiger partial charge in [-0.05, 0) is 53.3 Å². The lowest BCUT2D eigenvalue weighted by atomic mass is 9.72. The number of methoxy groups -OCH3 is 1. The molecule has 2 aliphatic rings. The number of fused-ring (bicyclic) bond motifs is 3. The zero-order chi connectivity index (χ0) is 29.7. The van der Waals surface area contributed by atoms with Crippen LogP contribution < -0.4 is 5.32 Å². The van der Waals surface area contributed by atoms with Crippen molar-refractivity contribution >= 4 is 23.9 Å². The number of alkyl carbamates (subject to hydrolysis) is 1. The molecule has 3 aromatic carbocycles. The largest absolute Gasteiger partial charge is 0.480 e. The summed E-state index contributed by atoms with van der Waals surface area (Å²) in [6.07, 6.45) is 1.17. The highest BCUT2D eigenvalue weighted by Crippen LogP contribution is 2.53. The minimum Gasteiger partial charge on any atom is -0.480 e. The van der Waals surface area contributed by atoms with Crippen LogP contribution in [0.5, 0.6) is 0 Å². The predicted molar refractivity (Wildman–Crippen MR) is 157 cm³/mol. The van der Waals surface area contributed by atoms with Crippen LogP contribution in [0, 0.1) is 0 Å². The van der Waals surface area contributed by atoms with E-state index in [0.717, 1.165) is 44.3 Å². The maximum Gasteiger partial charge on any atom is 0.413 e. The summed E-state index contributed by atoms with van der Waals surface area (Å²) in [6, 6.07) is 22.2. The zero-order valence-corrected chi connectivity index (χ0v) is 23.7. The molecule has 1 aliphatic carbocycles. The quantitative estimate of drug-likeness (QED) is 0.373. The Morgan fingerprint density at radius 1 is 0.857 bits per heavy atom. The lowest BCUT2D eigenvalue weighted by Gasteiger charge is -2.35. The average molecular weight is 570 g/mol. The third-order valence-corrected chi connectivity index (χ3v) is 8.38. The number of carboxylic acid groups (broad SMARTS) is 1. The molecule has 0 saturated carbocycles. The van der Waals surface area contributed by atoms with Crippen molar-refractivity contribution in [2.45, 2.75) is 31.1 Å². The van der Waals surface area contributed by atoms with Crippen LogP contribution in [0.3, 0.4) is 0 Å². The molecule has 9 heteroatoms. The lowest BCUT2D eigenvalue weighted by molar-refractivity contribution is -0.142. The first kappa shape index (κ1) is 29.0. The predicted octanol–water partition coefficient (Wildman–Crippen LogP) is 4.09. The molecule has 0 spiro atoms. The number of rotatable bonds is 9. The molecular weight excluding hydrogens is 534 g/mol. The van der Waals surface area contributed by atoms with Gasteiger partial charge in [0.25, 0.3) is 5.91 Å². The molecule has 218 valence electrons. The van der Waals surface area contributed by atoms with E-state index in [2.05, 4.69) is 15.0 Å². The van der Waals surface area contributed by atoms with E-state index in [1.165, 1.54) is 0 Å². The smallest absolute Gasteiger partial charge is 0.413 e. The summed E-state index contributed by atoms with van der Waals surface area (Å²) in [7, 11) is 1.16. The highest BCUT2D eigenvalue weighted by atomic mass is 16.5. The molecular formula is C33H35N3O6. The molecule has 0 radical (unpaired) electrons. The van der Waals surface area contributed by atoms with Gasteiger partial charge in [-0.3, -0.25) is 24.6 Å². The van der Waals surface area contributed by atoms with E-state index in [1.54, 1.807) is 12.1 Å². The fraction of sp³-hybridized carbons (Fsp3) is 0.333. The topological polar surface area (TPSA) is 116 Å². The van der Waals surface area contributed by atoms with Crippen molar-refractivity contribution in [1.82, 2.24) is 15.1 Å². The minimum atomic E-state index is -1.43. The van der Waals surface area contributed by atoms with Crippen molar-refractivity contribution in [3.05, 3.63) is 95.1 Å². The van der Waals surface area contributed by atoms with Crippen LogP contribution in [0.25, 0.3) is 11.1 Å². The Morgan fingerprint density at radius 2 is 1.55 bits per heavy atom. The van der Waals surface area contributed by atoms with Gasteiger partial charge in [0.1, 0.15) is 5.41 Å². The number of piperazine rings is 1. The molecule has 9 nitrogen and oxygen atoms in total. The van der Waals surface area contributed by atoms with Crippen molar-refractivity contribution in [3.63, 3.8) is 0 Å². The van der Waals surface area contributed by atoms with Gasteiger partial charge in [-0.2, -0.15) is 0 Å². The van der Waals surface area contributed by atoms with Crippen LogP contribution in [0.4, 0.5) is 4.79 Å². The standard InChI is InChI=1S/C33H35N3O6/c1-42-32(41)34-30(38)26-14-9-13-25-24-12-5-6-15-27(24)33(29(25)26,31(39)40)16-7-8-17-35-18-20-36(21-19-35)28(37)22-23-10-3-2-4-11-23/h2-6,9-15H,7-8,16-22H2,1H3,(H,39,40)(H,34,38,41). The molecule has 1 heterocycles. The number of aliphatic carboxylic acids is 1. The van der Waals surface area contributed by atoms with E-state index < -0.39 is 23.4 Å². The van der Waals surface area contributed by atoms with Crippen LogP contribution in [-0.2, 0) is 26.2 Å². The average Bonchev–Trinajstić information content (AvgIpc) is 3.31. The van der Waals surface area contributed by atoms with Crippen molar-refractivity contribution in [1.29, 1.82) is 0 Å². The summed E-state index contributed by atoms with van der Waals surface area (Å²) in [5.41, 5.74) is 2.24. The molecule has 1 aliphatic heterocycles. The number of hydrogen-bond acceptors (Lipinski definition) is 6. The maximum atomic E-state index is 13.2. The summed E-state index contributed by atoms with van der Waals surface area (Å²) in [5.74, 6) is -1.59. The van der Waals surface area contributed by atoms with Crippen LogP contribution in [-0.4, -0.2) is 78.6 Å². The van der Waals surface area contributed by atoms with Gasteiger partial charge in [-0.25, -0.2) is 4.79 Å². The summed E-state index contributed by atoms with van der Waals surface area (Å²) < 4.78 is 4.59. The van der Waals surface area contributed by atoms with Crippen molar-refractivity contribution in [2.75, 3.05) is 39.8 Å². The number of nitrogens with one attached hydrogen (secondary N) is 1. The Hall–Kier alpha value is -4.50. The molecule has 0 bridgehead atoms. The van der Waals surface area contributed by atoms with E-state index >= 15 is 0 Å². The van der Waals surface area contributed by atoms with Gasteiger partial charge in [0.05, 0.1) is 13.5 Å². The molecule has 3 aromatic rings. The summed E-state index contributed by atoms with van der Waals surface area (Å²) >= 11 is 0. The Kier molecular flexibility index (Phi) is 8.68. The van der Waals surface area contributed by atoms with E-state index in [-0.39, 0.29) is 11.5 Å². The number of nitrogens with zero attached hydrogens (tertiary/aromatic N) is 2. The number of imide groups is 1. The first-order chi connectivity index (χ1) is 20.3. The number of amides is 3. The van der Waals surface area contributed by atoms with E-state index in [9.17, 15) is 24.3 Å². The van der Waals surface area contributed by atoms with Gasteiger partial charge in [-0.15, -0.1) is 0 Å². The van der Waals surface area contributed by atoms with Crippen LogP contribution in [0.2, 0.25) is 0 Å². The number of carboxylic acids is 1. The zero-order valence-electron chi connectivity index (χ0n) is 23.7. The monoisotopic (exact) mass is 569 g/mol. The lowest BCUT2D eigenvalue weighted by Crippen LogP contribution is -2.49. The Labute approximate surface area is 245 Å². The fourth-order valence-electron chi connectivity index (χ4n) is 6.28. The highest BCUT2D eigenvalue weighted by molar-refractivity contribution is 6.09. The van der Waals surface area contributed by atoms with Crippen molar-refractivity contribution < 1.29 is 29.0 Å². The Morgan fingerprint density at radius 3 is 2.26 bits per heavy atom. The number of unbranched alkanes of at least 4 members (excludes halogenated alkanes) is 1. The normalized spacial score (nSPS) is 17.7. The number of carbonyl (C=O) groups excluding carboxylic acids is 3. The second-order valence-corrected chi connectivity index (χ2v) is 10.8. The van der Waals surface area contributed by atoms with Crippen LogP contribution in [0.15, 0.2) is 72.8 Å². The summed E-state index contributed by atoms with van der Waals surface area (Å²) in [4.78, 5) is 55.0. The van der Waals surface area contributed by atoms with E-state index in [4.69, 9.17) is 0 Å². The molecule has 1 fully saturated rings. The summed E-state index contributed by atoms with van der Waals surface area (Å²) in [5, 5.41) is 12.9. The number of carbonyl (C=O) groups is 4. The second kappa shape index (κ2) is 12.6. The van der Waals surface area contributed by atoms with Crippen LogP contribution >= 0.6 is 0 Å². The van der Waals surface area contributed by atoms with Gasteiger partial charge >= 0.3 is 12.1 Å². The third-order valence-electron chi connectivity index (χ3n) is 8.38. The van der Waals surface area contributed by atoms with Gasteiger partial charge in [0.2, 0.25) is 5.91 Å². The first-order valence-electron chi connectivity index (χ1n) is 14.2. The number of ether oxygens (including phenoxy) is 1. The minimum absolute atomic E-state index is 0.134. The van der Waals surface area contributed by atoms with Crippen molar-refractivity contribution in [3.8, 4) is 11.1 Å². The number of benzene rings is 3. The Balaban J connectivity index is 1.26. The first-order valence-corrected chi connectivity index (χ1v) is 14.2. The van der Waals surface area contributed by atoms with Gasteiger partial charge in [-0.1, -0.05) is 73.2 Å². The molecule has 1 unspecified atom stereocenters. The highest BCUT2D eigenvalue weighted by Gasteiger charge is 2.51. The number of hydrogen-bond donors (Lipinski definition) is 2. The van der Waals surface area contributed by atoms with Gasteiger partial charge in [0.15, 0.2) is 0 Å². The van der Waals surface area contributed by atoms with Crippen molar-refractivity contribution in [2.24, 2.45) is 0 Å².